The summed E-state index contributed by atoms with van der Waals surface area (Å²) in [5.41, 5.74) is 2.01. The summed E-state index contributed by atoms with van der Waals surface area (Å²) in [6.45, 7) is 4.62. The van der Waals surface area contributed by atoms with E-state index in [2.05, 4.69) is 18.0 Å². The first-order valence-electron chi connectivity index (χ1n) is 8.15. The number of rotatable bonds is 3. The summed E-state index contributed by atoms with van der Waals surface area (Å²) in [7, 11) is 0. The average Bonchev–Trinajstić information content (AvgIpc) is 2.76. The van der Waals surface area contributed by atoms with Crippen LogP contribution in [0, 0.1) is 11.3 Å². The third-order valence-electron chi connectivity index (χ3n) is 4.27. The van der Waals surface area contributed by atoms with E-state index in [0.29, 0.717) is 10.6 Å². The van der Waals surface area contributed by atoms with E-state index in [0.717, 1.165) is 49.1 Å². The Bertz CT molecular complexity index is 815. The lowest BCUT2D eigenvalue weighted by Crippen LogP contribution is -2.37. The van der Waals surface area contributed by atoms with E-state index in [1.807, 2.05) is 21.9 Å². The Morgan fingerprint density at radius 1 is 1.38 bits per heavy atom. The van der Waals surface area contributed by atoms with Crippen LogP contribution >= 0.6 is 11.6 Å². The van der Waals surface area contributed by atoms with Crippen LogP contribution in [0.2, 0.25) is 5.02 Å². The van der Waals surface area contributed by atoms with Gasteiger partial charge in [-0.05, 0) is 31.0 Å². The molecule has 0 unspecified atom stereocenters. The molecule has 2 aromatic rings. The molecule has 1 saturated heterocycles. The van der Waals surface area contributed by atoms with Gasteiger partial charge in [-0.1, -0.05) is 18.5 Å². The monoisotopic (exact) mass is 342 g/mol. The normalized spacial score (nSPS) is 15.5. The maximum absolute atomic E-state index is 12.6. The van der Waals surface area contributed by atoms with Crippen LogP contribution in [0.5, 0.6) is 0 Å². The van der Waals surface area contributed by atoms with Crippen LogP contribution in [0.15, 0.2) is 24.4 Å². The number of hydrogen-bond acceptors (Lipinski definition) is 4. The molecule has 124 valence electrons. The largest absolute Gasteiger partial charge is 0.360 e. The molecule has 1 fully saturated rings. The second kappa shape index (κ2) is 7.06. The molecule has 0 N–H and O–H groups in total. The first-order valence-corrected chi connectivity index (χ1v) is 8.53. The lowest BCUT2D eigenvalue weighted by Gasteiger charge is -2.25. The van der Waals surface area contributed by atoms with Gasteiger partial charge in [0.2, 0.25) is 5.91 Å². The zero-order chi connectivity index (χ0) is 17.1. The second-order valence-electron chi connectivity index (χ2n) is 5.95. The molecule has 24 heavy (non-hydrogen) atoms. The molecule has 0 saturated carbocycles. The maximum atomic E-state index is 12.6. The van der Waals surface area contributed by atoms with Crippen molar-refractivity contribution < 1.29 is 4.79 Å². The zero-order valence-electron chi connectivity index (χ0n) is 13.6. The van der Waals surface area contributed by atoms with E-state index >= 15 is 0 Å². The van der Waals surface area contributed by atoms with E-state index in [1.54, 1.807) is 12.3 Å². The van der Waals surface area contributed by atoms with Crippen molar-refractivity contribution in [3.05, 3.63) is 35.0 Å². The van der Waals surface area contributed by atoms with E-state index < -0.39 is 0 Å². The predicted molar refractivity (Wildman–Crippen MR) is 95.2 cm³/mol. The number of hydrogen-bond donors (Lipinski definition) is 0. The molecule has 0 bridgehead atoms. The SMILES string of the molecule is CCCN1CCCN(c2c(C#N)cnc3ccc(Cl)cc23)CC1=O. The summed E-state index contributed by atoms with van der Waals surface area (Å²) >= 11 is 6.15. The molecule has 3 rings (SSSR count). The highest BCUT2D eigenvalue weighted by Crippen LogP contribution is 2.32. The van der Waals surface area contributed by atoms with Crippen LogP contribution in [0.3, 0.4) is 0 Å². The molecule has 0 atom stereocenters. The van der Waals surface area contributed by atoms with Crippen molar-refractivity contribution in [2.24, 2.45) is 0 Å². The van der Waals surface area contributed by atoms with Gasteiger partial charge in [-0.2, -0.15) is 5.26 Å². The Labute approximate surface area is 146 Å². The Hall–Kier alpha value is -2.32. The van der Waals surface area contributed by atoms with Crippen LogP contribution < -0.4 is 4.90 Å². The Morgan fingerprint density at radius 2 is 2.21 bits per heavy atom. The van der Waals surface area contributed by atoms with Gasteiger partial charge >= 0.3 is 0 Å². The standard InChI is InChI=1S/C18H19ClN4O/c1-2-6-22-7-3-8-23(12-17(22)24)18-13(10-20)11-21-16-5-4-14(19)9-15(16)18/h4-5,9,11H,2-3,6-8,12H2,1H3. The summed E-state index contributed by atoms with van der Waals surface area (Å²) in [4.78, 5) is 20.8. The Morgan fingerprint density at radius 3 is 2.96 bits per heavy atom. The van der Waals surface area contributed by atoms with E-state index in [9.17, 15) is 10.1 Å². The van der Waals surface area contributed by atoms with Crippen molar-refractivity contribution in [3.63, 3.8) is 0 Å². The van der Waals surface area contributed by atoms with Gasteiger partial charge in [0, 0.05) is 36.2 Å². The van der Waals surface area contributed by atoms with E-state index in [-0.39, 0.29) is 12.5 Å². The quantitative estimate of drug-likeness (QED) is 0.859. The number of aromatic nitrogens is 1. The molecule has 0 spiro atoms. The molecule has 5 nitrogen and oxygen atoms in total. The number of nitrogens with zero attached hydrogens (tertiary/aromatic N) is 4. The van der Waals surface area contributed by atoms with Gasteiger partial charge in [-0.3, -0.25) is 9.78 Å². The van der Waals surface area contributed by atoms with Gasteiger partial charge in [0.15, 0.2) is 0 Å². The minimum absolute atomic E-state index is 0.102. The molecule has 6 heteroatoms. The van der Waals surface area contributed by atoms with E-state index in [4.69, 9.17) is 11.6 Å². The highest BCUT2D eigenvalue weighted by molar-refractivity contribution is 6.31. The number of fused-ring (bicyclic) bond motifs is 1. The minimum atomic E-state index is 0.102. The van der Waals surface area contributed by atoms with Gasteiger partial charge in [0.05, 0.1) is 23.3 Å². The van der Waals surface area contributed by atoms with Gasteiger partial charge in [0.1, 0.15) is 6.07 Å². The van der Waals surface area contributed by atoms with Crippen molar-refractivity contribution in [2.75, 3.05) is 31.1 Å². The lowest BCUT2D eigenvalue weighted by molar-refractivity contribution is -0.129. The van der Waals surface area contributed by atoms with Crippen molar-refractivity contribution in [3.8, 4) is 6.07 Å². The first kappa shape index (κ1) is 16.5. The zero-order valence-corrected chi connectivity index (χ0v) is 14.4. The highest BCUT2D eigenvalue weighted by atomic mass is 35.5. The molecule has 0 radical (unpaired) electrons. The fourth-order valence-corrected chi connectivity index (χ4v) is 3.36. The average molecular weight is 343 g/mol. The van der Waals surface area contributed by atoms with Crippen molar-refractivity contribution >= 4 is 34.1 Å². The predicted octanol–water partition coefficient (Wildman–Crippen LogP) is 3.21. The smallest absolute Gasteiger partial charge is 0.242 e. The van der Waals surface area contributed by atoms with Gasteiger partial charge in [-0.15, -0.1) is 0 Å². The van der Waals surface area contributed by atoms with E-state index in [1.165, 1.54) is 0 Å². The van der Waals surface area contributed by atoms with Crippen LogP contribution in [-0.2, 0) is 4.79 Å². The fourth-order valence-electron chi connectivity index (χ4n) is 3.19. The molecule has 0 aliphatic carbocycles. The first-order chi connectivity index (χ1) is 11.6. The number of carbonyl (C=O) groups excluding carboxylic acids is 1. The van der Waals surface area contributed by atoms with Crippen LogP contribution in [0.4, 0.5) is 5.69 Å². The third kappa shape index (κ3) is 3.15. The van der Waals surface area contributed by atoms with Crippen LogP contribution in [0.25, 0.3) is 10.9 Å². The summed E-state index contributed by atoms with van der Waals surface area (Å²) in [6, 6.07) is 7.64. The minimum Gasteiger partial charge on any atom is -0.360 e. The second-order valence-corrected chi connectivity index (χ2v) is 6.39. The molecule has 2 heterocycles. The molecule has 1 amide bonds. The molecular formula is C18H19ClN4O. The van der Waals surface area contributed by atoms with Gasteiger partial charge in [-0.25, -0.2) is 0 Å². The van der Waals surface area contributed by atoms with Crippen molar-refractivity contribution in [1.82, 2.24) is 9.88 Å². The molecular weight excluding hydrogens is 324 g/mol. The van der Waals surface area contributed by atoms with Gasteiger partial charge < -0.3 is 9.80 Å². The van der Waals surface area contributed by atoms with Crippen molar-refractivity contribution in [2.45, 2.75) is 19.8 Å². The number of benzene rings is 1. The molecule has 1 aromatic carbocycles. The number of pyridine rings is 1. The Balaban J connectivity index is 2.06. The maximum Gasteiger partial charge on any atom is 0.242 e. The molecule has 1 aliphatic rings. The number of carbonyl (C=O) groups is 1. The summed E-state index contributed by atoms with van der Waals surface area (Å²) in [6.07, 6.45) is 3.40. The van der Waals surface area contributed by atoms with Crippen LogP contribution in [-0.4, -0.2) is 42.0 Å². The lowest BCUT2D eigenvalue weighted by atomic mass is 10.1. The summed E-state index contributed by atoms with van der Waals surface area (Å²) < 4.78 is 0. The summed E-state index contributed by atoms with van der Waals surface area (Å²) in [5.74, 6) is 0.102. The number of halogens is 1. The number of amides is 1. The summed E-state index contributed by atoms with van der Waals surface area (Å²) in [5, 5.41) is 10.9. The third-order valence-corrected chi connectivity index (χ3v) is 4.50. The Kier molecular flexibility index (Phi) is 4.86. The number of anilines is 1. The van der Waals surface area contributed by atoms with Crippen molar-refractivity contribution in [1.29, 1.82) is 5.26 Å². The van der Waals surface area contributed by atoms with Gasteiger partial charge in [0.25, 0.3) is 0 Å². The molecule has 1 aliphatic heterocycles. The van der Waals surface area contributed by atoms with Crippen LogP contribution in [0.1, 0.15) is 25.3 Å². The fraction of sp³-hybridized carbons (Fsp3) is 0.389. The number of nitriles is 1. The topological polar surface area (TPSA) is 60.2 Å². The molecule has 1 aromatic heterocycles. The highest BCUT2D eigenvalue weighted by Gasteiger charge is 2.24.